The number of methoxy groups -OCH3 is 2. The van der Waals surface area contributed by atoms with E-state index in [-0.39, 0.29) is 6.42 Å². The van der Waals surface area contributed by atoms with Gasteiger partial charge in [0.15, 0.2) is 11.5 Å². The smallest absolute Gasteiger partial charge is 0.393 e. The van der Waals surface area contributed by atoms with Gasteiger partial charge in [0.25, 0.3) is 0 Å². The molecule has 0 aliphatic carbocycles. The Balaban J connectivity index is 2.30. The zero-order valence-corrected chi connectivity index (χ0v) is 9.97. The van der Waals surface area contributed by atoms with Crippen molar-refractivity contribution in [3.05, 3.63) is 24.3 Å². The van der Waals surface area contributed by atoms with Crippen molar-refractivity contribution in [1.82, 2.24) is 0 Å². The molecule has 0 saturated heterocycles. The third kappa shape index (κ3) is 1.97. The zero-order chi connectivity index (χ0) is 13.2. The van der Waals surface area contributed by atoms with Crippen LogP contribution in [0.4, 0.5) is 0 Å². The Morgan fingerprint density at radius 2 is 1.67 bits per heavy atom. The van der Waals surface area contributed by atoms with Crippen LogP contribution in [0.3, 0.4) is 0 Å². The Hall–Kier alpha value is -2.24. The fourth-order valence-electron chi connectivity index (χ4n) is 1.64. The summed E-state index contributed by atoms with van der Waals surface area (Å²) in [5, 5.41) is 0. The lowest BCUT2D eigenvalue weighted by atomic mass is 10.2. The van der Waals surface area contributed by atoms with Gasteiger partial charge in [0.05, 0.1) is 14.2 Å². The van der Waals surface area contributed by atoms with Crippen LogP contribution in [-0.4, -0.2) is 31.9 Å². The van der Waals surface area contributed by atoms with Gasteiger partial charge in [-0.3, -0.25) is 4.79 Å². The minimum Gasteiger partial charge on any atom is -0.469 e. The summed E-state index contributed by atoms with van der Waals surface area (Å²) in [6.45, 7) is 0. The van der Waals surface area contributed by atoms with E-state index in [9.17, 15) is 9.59 Å². The molecule has 0 atom stereocenters. The SMILES string of the molecule is COC(=O)CC1(C(=O)OC)Oc2ccccc2O1. The monoisotopic (exact) mass is 252 g/mol. The highest BCUT2D eigenvalue weighted by atomic mass is 16.8. The van der Waals surface area contributed by atoms with Gasteiger partial charge >= 0.3 is 17.7 Å². The molecule has 6 heteroatoms. The Morgan fingerprint density at radius 3 is 2.11 bits per heavy atom. The number of esters is 2. The standard InChI is InChI=1S/C12H12O6/c1-15-10(13)7-12(11(14)16-2)17-8-5-3-4-6-9(8)18-12/h3-6H,7H2,1-2H3. The first-order valence-electron chi connectivity index (χ1n) is 5.23. The van der Waals surface area contributed by atoms with Gasteiger partial charge in [0, 0.05) is 0 Å². The fraction of sp³-hybridized carbons (Fsp3) is 0.333. The molecule has 2 rings (SSSR count). The number of benzene rings is 1. The fourth-order valence-corrected chi connectivity index (χ4v) is 1.64. The summed E-state index contributed by atoms with van der Waals surface area (Å²) in [5.74, 6) is -2.46. The number of hydrogen-bond acceptors (Lipinski definition) is 6. The van der Waals surface area contributed by atoms with Gasteiger partial charge in [0.2, 0.25) is 0 Å². The Labute approximate surface area is 103 Å². The van der Waals surface area contributed by atoms with Crippen LogP contribution in [0.1, 0.15) is 6.42 Å². The molecule has 1 heterocycles. The van der Waals surface area contributed by atoms with Crippen molar-refractivity contribution >= 4 is 11.9 Å². The Kier molecular flexibility index (Phi) is 3.10. The van der Waals surface area contributed by atoms with E-state index in [4.69, 9.17) is 9.47 Å². The highest BCUT2D eigenvalue weighted by Crippen LogP contribution is 2.41. The molecule has 1 aliphatic heterocycles. The van der Waals surface area contributed by atoms with Crippen LogP contribution in [0.15, 0.2) is 24.3 Å². The van der Waals surface area contributed by atoms with Crippen LogP contribution in [-0.2, 0) is 19.1 Å². The molecule has 1 aromatic rings. The molecule has 0 N–H and O–H groups in total. The van der Waals surface area contributed by atoms with Crippen LogP contribution >= 0.6 is 0 Å². The minimum absolute atomic E-state index is 0.381. The highest BCUT2D eigenvalue weighted by molar-refractivity contribution is 5.86. The Bertz CT molecular complexity index is 456. The summed E-state index contributed by atoms with van der Waals surface area (Å²) in [7, 11) is 2.41. The second kappa shape index (κ2) is 4.56. The average molecular weight is 252 g/mol. The van der Waals surface area contributed by atoms with Crippen molar-refractivity contribution in [1.29, 1.82) is 0 Å². The lowest BCUT2D eigenvalue weighted by Gasteiger charge is -2.23. The summed E-state index contributed by atoms with van der Waals surface area (Å²) in [6, 6.07) is 6.73. The third-order valence-corrected chi connectivity index (χ3v) is 2.50. The number of carbonyl (C=O) groups is 2. The highest BCUT2D eigenvalue weighted by Gasteiger charge is 2.52. The van der Waals surface area contributed by atoms with E-state index in [2.05, 4.69) is 9.47 Å². The molecule has 0 saturated carbocycles. The first kappa shape index (κ1) is 12.2. The first-order valence-corrected chi connectivity index (χ1v) is 5.23. The van der Waals surface area contributed by atoms with E-state index in [0.29, 0.717) is 11.5 Å². The Morgan fingerprint density at radius 1 is 1.11 bits per heavy atom. The number of fused-ring (bicyclic) bond motifs is 1. The molecule has 1 aliphatic rings. The number of ether oxygens (including phenoxy) is 4. The van der Waals surface area contributed by atoms with Gasteiger partial charge in [0.1, 0.15) is 6.42 Å². The zero-order valence-electron chi connectivity index (χ0n) is 9.97. The molecule has 0 fully saturated rings. The molecule has 0 unspecified atom stereocenters. The van der Waals surface area contributed by atoms with E-state index in [1.54, 1.807) is 24.3 Å². The number of hydrogen-bond donors (Lipinski definition) is 0. The molecule has 0 spiro atoms. The number of para-hydroxylation sites is 2. The maximum Gasteiger partial charge on any atom is 0.393 e. The van der Waals surface area contributed by atoms with Gasteiger partial charge in [-0.2, -0.15) is 0 Å². The van der Waals surface area contributed by atoms with E-state index < -0.39 is 17.7 Å². The molecule has 6 nitrogen and oxygen atoms in total. The lowest BCUT2D eigenvalue weighted by molar-refractivity contribution is -0.187. The molecule has 0 radical (unpaired) electrons. The van der Waals surface area contributed by atoms with Crippen LogP contribution in [0.5, 0.6) is 11.5 Å². The molecule has 0 amide bonds. The van der Waals surface area contributed by atoms with Crippen molar-refractivity contribution in [3.63, 3.8) is 0 Å². The van der Waals surface area contributed by atoms with Gasteiger partial charge in [-0.25, -0.2) is 4.79 Å². The van der Waals surface area contributed by atoms with Crippen molar-refractivity contribution in [2.75, 3.05) is 14.2 Å². The van der Waals surface area contributed by atoms with Gasteiger partial charge in [-0.05, 0) is 12.1 Å². The van der Waals surface area contributed by atoms with E-state index in [1.165, 1.54) is 14.2 Å². The van der Waals surface area contributed by atoms with Gasteiger partial charge in [-0.15, -0.1) is 0 Å². The van der Waals surface area contributed by atoms with E-state index in [1.807, 2.05) is 0 Å². The molecular weight excluding hydrogens is 240 g/mol. The van der Waals surface area contributed by atoms with Crippen molar-refractivity contribution < 1.29 is 28.5 Å². The maximum absolute atomic E-state index is 11.8. The number of rotatable bonds is 3. The van der Waals surface area contributed by atoms with Crippen LogP contribution in [0, 0.1) is 0 Å². The number of carbonyl (C=O) groups excluding carboxylic acids is 2. The van der Waals surface area contributed by atoms with Crippen LogP contribution in [0.25, 0.3) is 0 Å². The predicted octanol–water partition coefficient (Wildman–Crippen LogP) is 0.890. The van der Waals surface area contributed by atoms with E-state index in [0.717, 1.165) is 0 Å². The van der Waals surface area contributed by atoms with Crippen molar-refractivity contribution in [2.24, 2.45) is 0 Å². The second-order valence-electron chi connectivity index (χ2n) is 3.65. The lowest BCUT2D eigenvalue weighted by Crippen LogP contribution is -2.49. The molecular formula is C12H12O6. The molecule has 0 aromatic heterocycles. The maximum atomic E-state index is 11.8. The largest absolute Gasteiger partial charge is 0.469 e. The quantitative estimate of drug-likeness (QED) is 0.744. The molecule has 96 valence electrons. The molecule has 0 bridgehead atoms. The second-order valence-corrected chi connectivity index (χ2v) is 3.65. The summed E-state index contributed by atoms with van der Waals surface area (Å²) >= 11 is 0. The third-order valence-electron chi connectivity index (χ3n) is 2.50. The summed E-state index contributed by atoms with van der Waals surface area (Å²) in [5.41, 5.74) is 0. The van der Waals surface area contributed by atoms with Crippen molar-refractivity contribution in [3.8, 4) is 11.5 Å². The first-order chi connectivity index (χ1) is 8.61. The van der Waals surface area contributed by atoms with Crippen LogP contribution in [0.2, 0.25) is 0 Å². The van der Waals surface area contributed by atoms with Crippen molar-refractivity contribution in [2.45, 2.75) is 12.2 Å². The molecule has 1 aromatic carbocycles. The summed E-state index contributed by atoms with van der Waals surface area (Å²) in [4.78, 5) is 23.1. The predicted molar refractivity (Wildman–Crippen MR) is 59.1 cm³/mol. The van der Waals surface area contributed by atoms with Gasteiger partial charge in [-0.1, -0.05) is 12.1 Å². The normalized spacial score (nSPS) is 15.0. The molecule has 18 heavy (non-hydrogen) atoms. The van der Waals surface area contributed by atoms with Gasteiger partial charge < -0.3 is 18.9 Å². The topological polar surface area (TPSA) is 71.1 Å². The average Bonchev–Trinajstić information content (AvgIpc) is 2.76. The minimum atomic E-state index is -1.80. The summed E-state index contributed by atoms with van der Waals surface area (Å²) < 4.78 is 20.0. The van der Waals surface area contributed by atoms with Crippen LogP contribution < -0.4 is 9.47 Å². The summed E-state index contributed by atoms with van der Waals surface area (Å²) in [6.07, 6.45) is -0.384. The van der Waals surface area contributed by atoms with E-state index >= 15 is 0 Å².